The van der Waals surface area contributed by atoms with E-state index in [1.807, 2.05) is 24.3 Å². The lowest BCUT2D eigenvalue weighted by atomic mass is 10.2. The van der Waals surface area contributed by atoms with Gasteiger partial charge >= 0.3 is 0 Å². The summed E-state index contributed by atoms with van der Waals surface area (Å²) in [6.45, 7) is 3.37. The van der Waals surface area contributed by atoms with Gasteiger partial charge in [-0.25, -0.2) is 4.68 Å². The zero-order valence-electron chi connectivity index (χ0n) is 11.9. The molecule has 0 aliphatic heterocycles. The molecular weight excluding hydrogens is 286 g/mol. The van der Waals surface area contributed by atoms with E-state index in [0.29, 0.717) is 28.8 Å². The first kappa shape index (κ1) is 15.2. The number of anilines is 2. The molecule has 110 valence electrons. The SMILES string of the molecule is CCCCNc1nn(Cc2cccc(Cl)c2)c(N)c1C#N. The highest BCUT2D eigenvalue weighted by molar-refractivity contribution is 6.30. The number of nitrogen functional groups attached to an aromatic ring is 1. The molecule has 0 amide bonds. The van der Waals surface area contributed by atoms with Crippen molar-refractivity contribution in [3.63, 3.8) is 0 Å². The van der Waals surface area contributed by atoms with Crippen molar-refractivity contribution in [3.8, 4) is 6.07 Å². The van der Waals surface area contributed by atoms with E-state index in [4.69, 9.17) is 17.3 Å². The van der Waals surface area contributed by atoms with Crippen molar-refractivity contribution in [2.45, 2.75) is 26.3 Å². The Balaban J connectivity index is 2.22. The van der Waals surface area contributed by atoms with Crippen LogP contribution in [0.3, 0.4) is 0 Å². The van der Waals surface area contributed by atoms with Gasteiger partial charge in [0.05, 0.1) is 6.54 Å². The molecule has 1 heterocycles. The van der Waals surface area contributed by atoms with Crippen LogP contribution in [0.5, 0.6) is 0 Å². The molecule has 0 aliphatic rings. The molecule has 5 nitrogen and oxygen atoms in total. The Hall–Kier alpha value is -2.19. The van der Waals surface area contributed by atoms with Gasteiger partial charge in [-0.2, -0.15) is 10.4 Å². The summed E-state index contributed by atoms with van der Waals surface area (Å²) in [7, 11) is 0. The number of hydrogen-bond donors (Lipinski definition) is 2. The number of nitrogens with two attached hydrogens (primary N) is 1. The van der Waals surface area contributed by atoms with Crippen LogP contribution in [0, 0.1) is 11.3 Å². The van der Waals surface area contributed by atoms with Crippen LogP contribution in [0.4, 0.5) is 11.6 Å². The van der Waals surface area contributed by atoms with Crippen LogP contribution < -0.4 is 11.1 Å². The predicted octanol–water partition coefficient (Wildman–Crippen LogP) is 3.25. The minimum Gasteiger partial charge on any atom is -0.383 e. The fourth-order valence-corrected chi connectivity index (χ4v) is 2.23. The summed E-state index contributed by atoms with van der Waals surface area (Å²) < 4.78 is 1.62. The average Bonchev–Trinajstić information content (AvgIpc) is 2.75. The molecule has 2 aromatic rings. The molecule has 3 N–H and O–H groups in total. The summed E-state index contributed by atoms with van der Waals surface area (Å²) in [4.78, 5) is 0. The smallest absolute Gasteiger partial charge is 0.168 e. The molecule has 0 atom stereocenters. The van der Waals surface area contributed by atoms with E-state index < -0.39 is 0 Å². The van der Waals surface area contributed by atoms with Crippen molar-refractivity contribution in [1.29, 1.82) is 5.26 Å². The van der Waals surface area contributed by atoms with Crippen molar-refractivity contribution in [3.05, 3.63) is 40.4 Å². The number of hydrogen-bond acceptors (Lipinski definition) is 4. The normalized spacial score (nSPS) is 10.3. The second-order valence-electron chi connectivity index (χ2n) is 4.79. The Morgan fingerprint density at radius 1 is 1.48 bits per heavy atom. The average molecular weight is 304 g/mol. The Morgan fingerprint density at radius 2 is 2.29 bits per heavy atom. The van der Waals surface area contributed by atoms with E-state index in [1.165, 1.54) is 0 Å². The van der Waals surface area contributed by atoms with Gasteiger partial charge in [0.25, 0.3) is 0 Å². The highest BCUT2D eigenvalue weighted by Gasteiger charge is 2.15. The molecule has 0 spiro atoms. The number of nitrogens with one attached hydrogen (secondary N) is 1. The molecule has 0 saturated heterocycles. The van der Waals surface area contributed by atoms with Crippen LogP contribution in [-0.4, -0.2) is 16.3 Å². The van der Waals surface area contributed by atoms with E-state index in [0.717, 1.165) is 24.9 Å². The van der Waals surface area contributed by atoms with Crippen molar-refractivity contribution in [1.82, 2.24) is 9.78 Å². The van der Waals surface area contributed by atoms with Crippen LogP contribution in [0.2, 0.25) is 5.02 Å². The first-order valence-electron chi connectivity index (χ1n) is 6.90. The Bertz CT molecular complexity index is 657. The zero-order chi connectivity index (χ0) is 15.2. The maximum atomic E-state index is 9.23. The van der Waals surface area contributed by atoms with Crippen LogP contribution in [0.15, 0.2) is 24.3 Å². The fraction of sp³-hybridized carbons (Fsp3) is 0.333. The van der Waals surface area contributed by atoms with Crippen molar-refractivity contribution < 1.29 is 0 Å². The van der Waals surface area contributed by atoms with Crippen molar-refractivity contribution in [2.24, 2.45) is 0 Å². The van der Waals surface area contributed by atoms with Crippen LogP contribution >= 0.6 is 11.6 Å². The van der Waals surface area contributed by atoms with Gasteiger partial charge in [0.15, 0.2) is 5.82 Å². The van der Waals surface area contributed by atoms with Crippen LogP contribution in [0.25, 0.3) is 0 Å². The lowest BCUT2D eigenvalue weighted by molar-refractivity contribution is 0.697. The molecule has 0 unspecified atom stereocenters. The summed E-state index contributed by atoms with van der Waals surface area (Å²) in [6, 6.07) is 9.61. The lowest BCUT2D eigenvalue weighted by Gasteiger charge is -2.04. The number of nitrogens with zero attached hydrogens (tertiary/aromatic N) is 3. The fourth-order valence-electron chi connectivity index (χ4n) is 2.02. The van der Waals surface area contributed by atoms with Gasteiger partial charge in [0.2, 0.25) is 0 Å². The van der Waals surface area contributed by atoms with Crippen molar-refractivity contribution >= 4 is 23.2 Å². The first-order chi connectivity index (χ1) is 10.2. The molecule has 0 saturated carbocycles. The van der Waals surface area contributed by atoms with Gasteiger partial charge in [0, 0.05) is 11.6 Å². The summed E-state index contributed by atoms with van der Waals surface area (Å²) in [5.41, 5.74) is 7.39. The van der Waals surface area contributed by atoms with Gasteiger partial charge in [-0.15, -0.1) is 0 Å². The summed E-state index contributed by atoms with van der Waals surface area (Å²) in [5.74, 6) is 0.918. The number of nitriles is 1. The molecule has 0 aliphatic carbocycles. The highest BCUT2D eigenvalue weighted by Crippen LogP contribution is 2.22. The number of unbranched alkanes of at least 4 members (excludes halogenated alkanes) is 1. The zero-order valence-corrected chi connectivity index (χ0v) is 12.7. The standard InChI is InChI=1S/C15H18ClN5/c1-2-3-7-19-15-13(9-17)14(18)21(20-15)10-11-5-4-6-12(16)8-11/h4-6,8H,2-3,7,10,18H2,1H3,(H,19,20). The van der Waals surface area contributed by atoms with Crippen LogP contribution in [0.1, 0.15) is 30.9 Å². The molecule has 21 heavy (non-hydrogen) atoms. The highest BCUT2D eigenvalue weighted by atomic mass is 35.5. The number of halogens is 1. The number of aromatic nitrogens is 2. The van der Waals surface area contributed by atoms with E-state index in [2.05, 4.69) is 23.4 Å². The third kappa shape index (κ3) is 3.67. The van der Waals surface area contributed by atoms with Gasteiger partial charge in [0.1, 0.15) is 17.5 Å². The molecule has 0 bridgehead atoms. The molecule has 0 radical (unpaired) electrons. The van der Waals surface area contributed by atoms with E-state index in [-0.39, 0.29) is 0 Å². The summed E-state index contributed by atoms with van der Waals surface area (Å²) >= 11 is 5.97. The van der Waals surface area contributed by atoms with Crippen molar-refractivity contribution in [2.75, 3.05) is 17.6 Å². The largest absolute Gasteiger partial charge is 0.383 e. The monoisotopic (exact) mass is 303 g/mol. The van der Waals surface area contributed by atoms with E-state index in [9.17, 15) is 5.26 Å². The van der Waals surface area contributed by atoms with Gasteiger partial charge in [-0.05, 0) is 24.1 Å². The lowest BCUT2D eigenvalue weighted by Crippen LogP contribution is -2.07. The van der Waals surface area contributed by atoms with Crippen LogP contribution in [-0.2, 0) is 6.54 Å². The maximum Gasteiger partial charge on any atom is 0.168 e. The molecule has 1 aromatic heterocycles. The second kappa shape index (κ2) is 7.00. The molecule has 0 fully saturated rings. The minimum absolute atomic E-state index is 0.372. The third-order valence-corrected chi connectivity index (χ3v) is 3.38. The number of benzene rings is 1. The maximum absolute atomic E-state index is 9.23. The van der Waals surface area contributed by atoms with Gasteiger partial charge in [-0.1, -0.05) is 37.1 Å². The first-order valence-corrected chi connectivity index (χ1v) is 7.28. The molecular formula is C15H18ClN5. The Morgan fingerprint density at radius 3 is 2.95 bits per heavy atom. The molecule has 1 aromatic carbocycles. The third-order valence-electron chi connectivity index (χ3n) is 3.15. The Labute approximate surface area is 129 Å². The summed E-state index contributed by atoms with van der Waals surface area (Å²) in [6.07, 6.45) is 2.10. The number of rotatable bonds is 6. The Kier molecular flexibility index (Phi) is 5.07. The summed E-state index contributed by atoms with van der Waals surface area (Å²) in [5, 5.41) is 17.5. The van der Waals surface area contributed by atoms with E-state index in [1.54, 1.807) is 4.68 Å². The molecule has 6 heteroatoms. The topological polar surface area (TPSA) is 79.7 Å². The quantitative estimate of drug-likeness (QED) is 0.803. The van der Waals surface area contributed by atoms with Gasteiger partial charge < -0.3 is 11.1 Å². The molecule has 2 rings (SSSR count). The minimum atomic E-state index is 0.372. The predicted molar refractivity (Wildman–Crippen MR) is 85.3 cm³/mol. The van der Waals surface area contributed by atoms with Gasteiger partial charge in [-0.3, -0.25) is 0 Å². The van der Waals surface area contributed by atoms with E-state index >= 15 is 0 Å². The second-order valence-corrected chi connectivity index (χ2v) is 5.22.